The molecule has 1 rings (SSSR count). The van der Waals surface area contributed by atoms with Gasteiger partial charge in [-0.3, -0.25) is 0 Å². The molecule has 1 saturated heterocycles. The van der Waals surface area contributed by atoms with E-state index >= 15 is 0 Å². The van der Waals surface area contributed by atoms with Gasteiger partial charge in [-0.15, -0.1) is 0 Å². The summed E-state index contributed by atoms with van der Waals surface area (Å²) in [6, 6.07) is 0. The number of hydrogen-bond acceptors (Lipinski definition) is 2. The maximum absolute atomic E-state index is 3.36. The SMILES string of the molecule is CN[C@@H]1CCCCN1. The predicted molar refractivity (Wildman–Crippen MR) is 34.7 cm³/mol. The van der Waals surface area contributed by atoms with Gasteiger partial charge in [0.15, 0.2) is 0 Å². The quantitative estimate of drug-likeness (QED) is 0.512. The van der Waals surface area contributed by atoms with E-state index in [9.17, 15) is 0 Å². The van der Waals surface area contributed by atoms with Gasteiger partial charge in [0.1, 0.15) is 0 Å². The lowest BCUT2D eigenvalue weighted by Gasteiger charge is -2.22. The molecule has 0 aliphatic carbocycles. The highest BCUT2D eigenvalue weighted by Crippen LogP contribution is 2.02. The van der Waals surface area contributed by atoms with E-state index in [2.05, 4.69) is 10.6 Å². The average molecular weight is 114 g/mol. The molecule has 0 spiro atoms. The molecular formula is C6H14N2. The van der Waals surface area contributed by atoms with Crippen LogP contribution in [0, 0.1) is 0 Å². The third kappa shape index (κ3) is 1.46. The molecule has 1 atom stereocenters. The minimum atomic E-state index is 0.587. The van der Waals surface area contributed by atoms with Crippen LogP contribution in [0.25, 0.3) is 0 Å². The molecular weight excluding hydrogens is 100 g/mol. The Morgan fingerprint density at radius 1 is 1.50 bits per heavy atom. The molecule has 0 saturated carbocycles. The smallest absolute Gasteiger partial charge is 0.0569 e. The van der Waals surface area contributed by atoms with E-state index in [0.717, 1.165) is 0 Å². The van der Waals surface area contributed by atoms with Crippen LogP contribution >= 0.6 is 0 Å². The van der Waals surface area contributed by atoms with Gasteiger partial charge in [0.2, 0.25) is 0 Å². The van der Waals surface area contributed by atoms with Crippen molar-refractivity contribution in [3.05, 3.63) is 0 Å². The zero-order valence-electron chi connectivity index (χ0n) is 5.41. The van der Waals surface area contributed by atoms with Crippen molar-refractivity contribution in [3.8, 4) is 0 Å². The molecule has 1 heterocycles. The van der Waals surface area contributed by atoms with Crippen molar-refractivity contribution in [1.29, 1.82) is 0 Å². The number of nitrogens with one attached hydrogen (secondary N) is 2. The molecule has 2 heteroatoms. The van der Waals surface area contributed by atoms with Gasteiger partial charge in [0.25, 0.3) is 0 Å². The van der Waals surface area contributed by atoms with Crippen LogP contribution in [0.5, 0.6) is 0 Å². The van der Waals surface area contributed by atoms with E-state index in [1.807, 2.05) is 7.05 Å². The third-order valence-corrected chi connectivity index (χ3v) is 1.66. The van der Waals surface area contributed by atoms with Crippen LogP contribution in [-0.4, -0.2) is 19.8 Å². The second kappa shape index (κ2) is 3.05. The Bertz CT molecular complexity index is 57.5. The highest BCUT2D eigenvalue weighted by molar-refractivity contribution is 4.67. The molecule has 0 unspecified atom stereocenters. The van der Waals surface area contributed by atoms with E-state index in [4.69, 9.17) is 0 Å². The van der Waals surface area contributed by atoms with Gasteiger partial charge in [-0.1, -0.05) is 0 Å². The van der Waals surface area contributed by atoms with Crippen LogP contribution in [0.2, 0.25) is 0 Å². The summed E-state index contributed by atoms with van der Waals surface area (Å²) in [5, 5.41) is 6.55. The van der Waals surface area contributed by atoms with E-state index < -0.39 is 0 Å². The van der Waals surface area contributed by atoms with E-state index in [1.165, 1.54) is 25.8 Å². The molecule has 1 fully saturated rings. The van der Waals surface area contributed by atoms with Crippen molar-refractivity contribution < 1.29 is 0 Å². The lowest BCUT2D eigenvalue weighted by Crippen LogP contribution is -2.43. The molecule has 0 amide bonds. The topological polar surface area (TPSA) is 24.1 Å². The number of hydrogen-bond donors (Lipinski definition) is 2. The van der Waals surface area contributed by atoms with Gasteiger partial charge < -0.3 is 10.6 Å². The van der Waals surface area contributed by atoms with Crippen molar-refractivity contribution in [2.24, 2.45) is 0 Å². The Hall–Kier alpha value is -0.0800. The molecule has 0 aromatic carbocycles. The normalized spacial score (nSPS) is 30.4. The molecule has 1 aliphatic rings. The highest BCUT2D eigenvalue weighted by Gasteiger charge is 2.07. The molecule has 48 valence electrons. The largest absolute Gasteiger partial charge is 0.305 e. The van der Waals surface area contributed by atoms with Crippen molar-refractivity contribution in [2.75, 3.05) is 13.6 Å². The fraction of sp³-hybridized carbons (Fsp3) is 1.00. The summed E-state index contributed by atoms with van der Waals surface area (Å²) in [6.07, 6.45) is 4.59. The summed E-state index contributed by atoms with van der Waals surface area (Å²) in [4.78, 5) is 0. The predicted octanol–water partition coefficient (Wildman–Crippen LogP) is 0.305. The first-order chi connectivity index (χ1) is 3.93. The molecule has 8 heavy (non-hydrogen) atoms. The lowest BCUT2D eigenvalue weighted by atomic mass is 10.1. The zero-order valence-corrected chi connectivity index (χ0v) is 5.41. The van der Waals surface area contributed by atoms with E-state index in [1.54, 1.807) is 0 Å². The van der Waals surface area contributed by atoms with Crippen LogP contribution in [0.1, 0.15) is 19.3 Å². The Labute approximate surface area is 50.7 Å². The van der Waals surface area contributed by atoms with Crippen molar-refractivity contribution in [2.45, 2.75) is 25.4 Å². The van der Waals surface area contributed by atoms with Crippen LogP contribution in [0.15, 0.2) is 0 Å². The van der Waals surface area contributed by atoms with Gasteiger partial charge in [-0.05, 0) is 32.9 Å². The van der Waals surface area contributed by atoms with Crippen molar-refractivity contribution in [3.63, 3.8) is 0 Å². The molecule has 0 radical (unpaired) electrons. The number of rotatable bonds is 1. The molecule has 2 N–H and O–H groups in total. The first kappa shape index (κ1) is 6.05. The molecule has 0 aromatic rings. The average Bonchev–Trinajstić information content (AvgIpc) is 1.90. The fourth-order valence-electron chi connectivity index (χ4n) is 1.10. The molecule has 0 bridgehead atoms. The standard InChI is InChI=1S/C6H14N2/c1-7-6-4-2-3-5-8-6/h6-8H,2-5H2,1H3/t6-/m0/s1. The summed E-state index contributed by atoms with van der Waals surface area (Å²) in [7, 11) is 2.00. The molecule has 0 aromatic heterocycles. The van der Waals surface area contributed by atoms with Crippen LogP contribution < -0.4 is 10.6 Å². The van der Waals surface area contributed by atoms with Gasteiger partial charge in [-0.2, -0.15) is 0 Å². The summed E-state index contributed by atoms with van der Waals surface area (Å²) < 4.78 is 0. The molecule has 2 nitrogen and oxygen atoms in total. The Morgan fingerprint density at radius 3 is 2.75 bits per heavy atom. The number of piperidine rings is 1. The summed E-state index contributed by atoms with van der Waals surface area (Å²) in [5.41, 5.74) is 0. The minimum absolute atomic E-state index is 0.587. The summed E-state index contributed by atoms with van der Waals surface area (Å²) in [6.45, 7) is 1.19. The van der Waals surface area contributed by atoms with Gasteiger partial charge in [0, 0.05) is 0 Å². The van der Waals surface area contributed by atoms with Gasteiger partial charge in [-0.25, -0.2) is 0 Å². The minimum Gasteiger partial charge on any atom is -0.305 e. The lowest BCUT2D eigenvalue weighted by molar-refractivity contribution is 0.363. The van der Waals surface area contributed by atoms with Crippen molar-refractivity contribution in [1.82, 2.24) is 10.6 Å². The second-order valence-electron chi connectivity index (χ2n) is 2.29. The zero-order chi connectivity index (χ0) is 5.82. The maximum atomic E-state index is 3.36. The second-order valence-corrected chi connectivity index (χ2v) is 2.29. The Balaban J connectivity index is 2.13. The van der Waals surface area contributed by atoms with Crippen LogP contribution in [0.4, 0.5) is 0 Å². The van der Waals surface area contributed by atoms with Gasteiger partial charge >= 0.3 is 0 Å². The first-order valence-corrected chi connectivity index (χ1v) is 3.34. The van der Waals surface area contributed by atoms with Crippen LogP contribution in [-0.2, 0) is 0 Å². The molecule has 1 aliphatic heterocycles. The monoisotopic (exact) mass is 114 g/mol. The highest BCUT2D eigenvalue weighted by atomic mass is 15.1. The van der Waals surface area contributed by atoms with Gasteiger partial charge in [0.05, 0.1) is 6.17 Å². The maximum Gasteiger partial charge on any atom is 0.0569 e. The van der Waals surface area contributed by atoms with Crippen molar-refractivity contribution >= 4 is 0 Å². The Morgan fingerprint density at radius 2 is 2.38 bits per heavy atom. The van der Waals surface area contributed by atoms with E-state index in [0.29, 0.717) is 6.17 Å². The summed E-state index contributed by atoms with van der Waals surface area (Å²) >= 11 is 0. The Kier molecular flexibility index (Phi) is 2.30. The summed E-state index contributed by atoms with van der Waals surface area (Å²) in [5.74, 6) is 0. The third-order valence-electron chi connectivity index (χ3n) is 1.66. The first-order valence-electron chi connectivity index (χ1n) is 3.34. The fourth-order valence-corrected chi connectivity index (χ4v) is 1.10. The van der Waals surface area contributed by atoms with Crippen LogP contribution in [0.3, 0.4) is 0 Å². The van der Waals surface area contributed by atoms with E-state index in [-0.39, 0.29) is 0 Å².